The fraction of sp³-hybridized carbons (Fsp3) is 0.323. The molecule has 0 spiro atoms. The van der Waals surface area contributed by atoms with Crippen molar-refractivity contribution in [1.29, 1.82) is 0 Å². The number of hydrogen-bond acceptors (Lipinski definition) is 5. The van der Waals surface area contributed by atoms with Gasteiger partial charge >= 0.3 is 6.09 Å². The van der Waals surface area contributed by atoms with Crippen LogP contribution in [-0.4, -0.2) is 26.2 Å². The van der Waals surface area contributed by atoms with Crippen molar-refractivity contribution in [1.82, 2.24) is 19.9 Å². The molecule has 0 unspecified atom stereocenters. The number of imidazole rings is 1. The highest BCUT2D eigenvalue weighted by atomic mass is 32.1. The second kappa shape index (κ2) is 11.0. The molecular formula is C31H34N4O2S. The molecule has 38 heavy (non-hydrogen) atoms. The number of hydrogen-bond donors (Lipinski definition) is 1. The van der Waals surface area contributed by atoms with E-state index in [-0.39, 0.29) is 0 Å². The Hall–Kier alpha value is -3.71. The number of carbonyl (C=O) groups excluding carboxylic acids is 1. The molecule has 5 aromatic rings. The van der Waals surface area contributed by atoms with Gasteiger partial charge in [-0.1, -0.05) is 67.9 Å². The first-order valence-electron chi connectivity index (χ1n) is 13.2. The van der Waals surface area contributed by atoms with Crippen molar-refractivity contribution >= 4 is 38.7 Å². The van der Waals surface area contributed by atoms with Crippen LogP contribution in [0.15, 0.2) is 66.9 Å². The molecule has 0 aliphatic rings. The molecule has 0 aliphatic carbocycles. The summed E-state index contributed by atoms with van der Waals surface area (Å²) >= 11 is 1.78. The molecule has 3 heterocycles. The van der Waals surface area contributed by atoms with Crippen LogP contribution in [0.4, 0.5) is 4.79 Å². The van der Waals surface area contributed by atoms with Crippen molar-refractivity contribution < 1.29 is 9.53 Å². The van der Waals surface area contributed by atoms with Crippen LogP contribution < -0.4 is 5.32 Å². The van der Waals surface area contributed by atoms with E-state index in [0.717, 1.165) is 53.7 Å². The van der Waals surface area contributed by atoms with Crippen molar-refractivity contribution in [2.75, 3.05) is 0 Å². The SMILES string of the molecule is CCCCc1nc2cnc3cc(-c4ccccc4)sc3c2n1Cc1ccc(CNC(=O)OC(C)(C)C)cc1. The summed E-state index contributed by atoms with van der Waals surface area (Å²) in [6.07, 6.45) is 4.65. The zero-order valence-corrected chi connectivity index (χ0v) is 23.3. The number of fused-ring (bicyclic) bond motifs is 3. The molecule has 1 amide bonds. The van der Waals surface area contributed by atoms with Gasteiger partial charge in [-0.15, -0.1) is 11.3 Å². The highest BCUT2D eigenvalue weighted by molar-refractivity contribution is 7.23. The third kappa shape index (κ3) is 5.89. The van der Waals surface area contributed by atoms with Gasteiger partial charge in [0, 0.05) is 24.4 Å². The fourth-order valence-electron chi connectivity index (χ4n) is 4.50. The number of alkyl carbamates (subject to hydrolysis) is 1. The Morgan fingerprint density at radius 1 is 1.03 bits per heavy atom. The van der Waals surface area contributed by atoms with E-state index >= 15 is 0 Å². The number of nitrogens with one attached hydrogen (secondary N) is 1. The van der Waals surface area contributed by atoms with Crippen LogP contribution in [0.5, 0.6) is 0 Å². The lowest BCUT2D eigenvalue weighted by atomic mass is 10.1. The van der Waals surface area contributed by atoms with Crippen LogP contribution in [0.3, 0.4) is 0 Å². The number of pyridine rings is 1. The molecule has 196 valence electrons. The first-order chi connectivity index (χ1) is 18.3. The number of amides is 1. The van der Waals surface area contributed by atoms with Gasteiger partial charge in [-0.2, -0.15) is 0 Å². The Morgan fingerprint density at radius 2 is 1.76 bits per heavy atom. The first kappa shape index (κ1) is 25.9. The predicted octanol–water partition coefficient (Wildman–Crippen LogP) is 7.73. The summed E-state index contributed by atoms with van der Waals surface area (Å²) in [5.41, 5.74) is 6.02. The van der Waals surface area contributed by atoms with E-state index in [0.29, 0.717) is 6.54 Å². The van der Waals surface area contributed by atoms with Gasteiger partial charge in [-0.25, -0.2) is 9.78 Å². The molecule has 2 aromatic carbocycles. The molecule has 0 fully saturated rings. The summed E-state index contributed by atoms with van der Waals surface area (Å²) in [6.45, 7) is 8.94. The van der Waals surface area contributed by atoms with Gasteiger partial charge in [0.15, 0.2) is 0 Å². The van der Waals surface area contributed by atoms with E-state index in [1.807, 2.05) is 33.0 Å². The second-order valence-corrected chi connectivity index (χ2v) is 11.6. The van der Waals surface area contributed by atoms with Gasteiger partial charge in [0.2, 0.25) is 0 Å². The van der Waals surface area contributed by atoms with E-state index in [9.17, 15) is 4.79 Å². The lowest BCUT2D eigenvalue weighted by Gasteiger charge is -2.19. The van der Waals surface area contributed by atoms with Gasteiger partial charge in [0.25, 0.3) is 0 Å². The summed E-state index contributed by atoms with van der Waals surface area (Å²) in [7, 11) is 0. The van der Waals surface area contributed by atoms with E-state index in [2.05, 4.69) is 71.4 Å². The van der Waals surface area contributed by atoms with Crippen LogP contribution in [0.2, 0.25) is 0 Å². The summed E-state index contributed by atoms with van der Waals surface area (Å²) < 4.78 is 8.89. The van der Waals surface area contributed by atoms with E-state index in [1.165, 1.54) is 20.7 Å². The minimum atomic E-state index is -0.512. The van der Waals surface area contributed by atoms with Crippen LogP contribution >= 0.6 is 11.3 Å². The minimum Gasteiger partial charge on any atom is -0.444 e. The van der Waals surface area contributed by atoms with Crippen molar-refractivity contribution in [2.45, 2.75) is 65.6 Å². The van der Waals surface area contributed by atoms with Crippen LogP contribution in [-0.2, 0) is 24.2 Å². The standard InChI is InChI=1S/C31H34N4O2S/c1-5-6-12-27-34-25-19-32-24-17-26(23-10-8-7-9-11-23)38-29(24)28(25)35(27)20-22-15-13-21(14-16-22)18-33-30(36)37-31(2,3)4/h7-11,13-17,19H,5-6,12,18,20H2,1-4H3,(H,33,36). The Bertz CT molecular complexity index is 1550. The molecule has 0 saturated heterocycles. The number of thiophene rings is 1. The van der Waals surface area contributed by atoms with E-state index in [4.69, 9.17) is 14.7 Å². The molecule has 0 aliphatic heterocycles. The lowest BCUT2D eigenvalue weighted by molar-refractivity contribution is 0.0523. The minimum absolute atomic E-state index is 0.407. The summed E-state index contributed by atoms with van der Waals surface area (Å²) in [6, 6.07) is 21.0. The number of aromatic nitrogens is 3. The molecule has 0 atom stereocenters. The Labute approximate surface area is 227 Å². The lowest BCUT2D eigenvalue weighted by Crippen LogP contribution is -2.32. The fourth-order valence-corrected chi connectivity index (χ4v) is 5.67. The summed E-state index contributed by atoms with van der Waals surface area (Å²) in [5.74, 6) is 1.10. The maximum absolute atomic E-state index is 12.0. The van der Waals surface area contributed by atoms with Crippen molar-refractivity contribution in [3.05, 3.63) is 83.8 Å². The maximum atomic E-state index is 12.0. The molecule has 5 rings (SSSR count). The van der Waals surface area contributed by atoms with Crippen LogP contribution in [0, 0.1) is 0 Å². The molecular weight excluding hydrogens is 492 g/mol. The average molecular weight is 527 g/mol. The monoisotopic (exact) mass is 526 g/mol. The third-order valence-corrected chi connectivity index (χ3v) is 7.52. The Balaban J connectivity index is 1.44. The Kier molecular flexibility index (Phi) is 7.47. The molecule has 1 N–H and O–H groups in total. The second-order valence-electron chi connectivity index (χ2n) is 10.6. The number of aryl methyl sites for hydroxylation is 1. The van der Waals surface area contributed by atoms with Crippen molar-refractivity contribution in [2.24, 2.45) is 0 Å². The number of benzene rings is 2. The first-order valence-corrected chi connectivity index (χ1v) is 14.0. The van der Waals surface area contributed by atoms with Gasteiger partial charge < -0.3 is 14.6 Å². The summed E-state index contributed by atoms with van der Waals surface area (Å²) in [4.78, 5) is 23.0. The molecule has 6 nitrogen and oxygen atoms in total. The number of nitrogens with zero attached hydrogens (tertiary/aromatic N) is 3. The number of rotatable bonds is 8. The topological polar surface area (TPSA) is 69.0 Å². The van der Waals surface area contributed by atoms with Gasteiger partial charge in [-0.05, 0) is 49.9 Å². The number of unbranched alkanes of at least 4 members (excludes halogenated alkanes) is 1. The zero-order valence-electron chi connectivity index (χ0n) is 22.5. The maximum Gasteiger partial charge on any atom is 0.407 e. The Morgan fingerprint density at radius 3 is 2.47 bits per heavy atom. The molecule has 0 bridgehead atoms. The van der Waals surface area contributed by atoms with Crippen molar-refractivity contribution in [3.8, 4) is 10.4 Å². The largest absolute Gasteiger partial charge is 0.444 e. The number of ether oxygens (including phenoxy) is 1. The molecule has 7 heteroatoms. The van der Waals surface area contributed by atoms with Gasteiger partial charge in [0.1, 0.15) is 16.9 Å². The average Bonchev–Trinajstić information content (AvgIpc) is 3.48. The van der Waals surface area contributed by atoms with Crippen molar-refractivity contribution in [3.63, 3.8) is 0 Å². The normalized spacial score (nSPS) is 11.8. The predicted molar refractivity (Wildman–Crippen MR) is 156 cm³/mol. The molecule has 3 aromatic heterocycles. The molecule has 0 saturated carbocycles. The highest BCUT2D eigenvalue weighted by Crippen LogP contribution is 2.37. The number of carbonyl (C=O) groups is 1. The van der Waals surface area contributed by atoms with E-state index in [1.54, 1.807) is 11.3 Å². The van der Waals surface area contributed by atoms with E-state index < -0.39 is 11.7 Å². The van der Waals surface area contributed by atoms with Gasteiger partial charge in [0.05, 0.1) is 21.9 Å². The summed E-state index contributed by atoms with van der Waals surface area (Å²) in [5, 5.41) is 2.83. The quantitative estimate of drug-likeness (QED) is 0.225. The third-order valence-electron chi connectivity index (χ3n) is 6.34. The van der Waals surface area contributed by atoms with Crippen LogP contribution in [0.25, 0.3) is 31.7 Å². The zero-order chi connectivity index (χ0) is 26.7. The van der Waals surface area contributed by atoms with Gasteiger partial charge in [-0.3, -0.25) is 4.98 Å². The van der Waals surface area contributed by atoms with Crippen LogP contribution in [0.1, 0.15) is 57.5 Å². The molecule has 0 radical (unpaired) electrons. The highest BCUT2D eigenvalue weighted by Gasteiger charge is 2.18. The smallest absolute Gasteiger partial charge is 0.407 e.